The maximum absolute atomic E-state index is 12.2. The summed E-state index contributed by atoms with van der Waals surface area (Å²) in [5.41, 5.74) is 0.993. The first kappa shape index (κ1) is 18.1. The average molecular weight is 375 g/mol. The van der Waals surface area contributed by atoms with Gasteiger partial charge in [-0.2, -0.15) is 0 Å². The van der Waals surface area contributed by atoms with Crippen molar-refractivity contribution in [2.24, 2.45) is 0 Å². The van der Waals surface area contributed by atoms with Crippen LogP contribution in [0, 0.1) is 0 Å². The molecule has 0 saturated carbocycles. The Morgan fingerprint density at radius 1 is 1.35 bits per heavy atom. The van der Waals surface area contributed by atoms with Gasteiger partial charge in [0.15, 0.2) is 0 Å². The van der Waals surface area contributed by atoms with E-state index in [1.165, 1.54) is 11.3 Å². The Morgan fingerprint density at radius 3 is 2.77 bits per heavy atom. The quantitative estimate of drug-likeness (QED) is 0.788. The van der Waals surface area contributed by atoms with E-state index in [-0.39, 0.29) is 18.4 Å². The van der Waals surface area contributed by atoms with Crippen LogP contribution in [0.15, 0.2) is 24.3 Å². The lowest BCUT2D eigenvalue weighted by Crippen LogP contribution is -2.34. The van der Waals surface area contributed by atoms with Crippen LogP contribution in [-0.2, 0) is 16.1 Å². The van der Waals surface area contributed by atoms with E-state index >= 15 is 0 Å². The SMILES string of the molecule is COc1ccc(CNC(=O)CN(C)c2nnc(N3CCCC3=O)s2)cc1. The second-order valence-corrected chi connectivity index (χ2v) is 6.93. The minimum absolute atomic E-state index is 0.0765. The topological polar surface area (TPSA) is 87.7 Å². The number of hydrogen-bond acceptors (Lipinski definition) is 7. The summed E-state index contributed by atoms with van der Waals surface area (Å²) in [5, 5.41) is 12.2. The molecule has 3 rings (SSSR count). The molecule has 0 atom stereocenters. The molecule has 1 aromatic carbocycles. The Morgan fingerprint density at radius 2 is 2.12 bits per heavy atom. The predicted octanol–water partition coefficient (Wildman–Crippen LogP) is 1.43. The summed E-state index contributed by atoms with van der Waals surface area (Å²) in [6, 6.07) is 7.53. The molecule has 9 heteroatoms. The standard InChI is InChI=1S/C17H21N5O3S/c1-21(16-19-20-17(26-16)22-9-3-4-15(22)24)11-14(23)18-10-12-5-7-13(25-2)8-6-12/h5-8H,3-4,9-11H2,1-2H3,(H,18,23). The monoisotopic (exact) mass is 375 g/mol. The summed E-state index contributed by atoms with van der Waals surface area (Å²) in [4.78, 5) is 27.3. The van der Waals surface area contributed by atoms with E-state index in [1.54, 1.807) is 24.0 Å². The molecule has 26 heavy (non-hydrogen) atoms. The number of hydrogen-bond donors (Lipinski definition) is 1. The van der Waals surface area contributed by atoms with Gasteiger partial charge in [0, 0.05) is 26.6 Å². The van der Waals surface area contributed by atoms with Crippen LogP contribution in [0.4, 0.5) is 10.3 Å². The van der Waals surface area contributed by atoms with Crippen LogP contribution in [0.5, 0.6) is 5.75 Å². The van der Waals surface area contributed by atoms with E-state index in [0.29, 0.717) is 29.8 Å². The molecule has 1 fully saturated rings. The van der Waals surface area contributed by atoms with E-state index in [2.05, 4.69) is 15.5 Å². The van der Waals surface area contributed by atoms with Crippen molar-refractivity contribution >= 4 is 33.4 Å². The van der Waals surface area contributed by atoms with Crippen molar-refractivity contribution in [1.29, 1.82) is 0 Å². The van der Waals surface area contributed by atoms with Crippen LogP contribution < -0.4 is 19.9 Å². The number of nitrogens with zero attached hydrogens (tertiary/aromatic N) is 4. The average Bonchev–Trinajstić information content (AvgIpc) is 3.29. The fourth-order valence-corrected chi connectivity index (χ4v) is 3.45. The van der Waals surface area contributed by atoms with E-state index in [4.69, 9.17) is 4.74 Å². The van der Waals surface area contributed by atoms with Gasteiger partial charge < -0.3 is 15.0 Å². The van der Waals surface area contributed by atoms with Crippen molar-refractivity contribution in [3.8, 4) is 5.75 Å². The Labute approximate surface area is 155 Å². The van der Waals surface area contributed by atoms with Crippen molar-refractivity contribution in [3.05, 3.63) is 29.8 Å². The Hall–Kier alpha value is -2.68. The number of carbonyl (C=O) groups excluding carboxylic acids is 2. The summed E-state index contributed by atoms with van der Waals surface area (Å²) in [6.45, 7) is 1.29. The number of methoxy groups -OCH3 is 1. The molecule has 1 aromatic heterocycles. The molecule has 0 bridgehead atoms. The van der Waals surface area contributed by atoms with Crippen molar-refractivity contribution in [2.75, 3.05) is 37.0 Å². The summed E-state index contributed by atoms with van der Waals surface area (Å²) in [7, 11) is 3.40. The molecule has 138 valence electrons. The minimum Gasteiger partial charge on any atom is -0.497 e. The van der Waals surface area contributed by atoms with Gasteiger partial charge in [-0.3, -0.25) is 14.5 Å². The molecule has 2 heterocycles. The third-order valence-corrected chi connectivity index (χ3v) is 5.12. The second-order valence-electron chi connectivity index (χ2n) is 6.00. The van der Waals surface area contributed by atoms with Gasteiger partial charge >= 0.3 is 0 Å². The summed E-state index contributed by atoms with van der Waals surface area (Å²) in [6.07, 6.45) is 1.40. The fraction of sp³-hybridized carbons (Fsp3) is 0.412. The lowest BCUT2D eigenvalue weighted by atomic mass is 10.2. The number of likely N-dealkylation sites (N-methyl/N-ethyl adjacent to an activating group) is 1. The van der Waals surface area contributed by atoms with Gasteiger partial charge in [-0.05, 0) is 24.1 Å². The molecular weight excluding hydrogens is 354 g/mol. The highest BCUT2D eigenvalue weighted by Crippen LogP contribution is 2.29. The van der Waals surface area contributed by atoms with Gasteiger partial charge in [-0.15, -0.1) is 10.2 Å². The summed E-state index contributed by atoms with van der Waals surface area (Å²) >= 11 is 1.32. The molecule has 0 aliphatic carbocycles. The molecule has 2 amide bonds. The summed E-state index contributed by atoms with van der Waals surface area (Å²) in [5.74, 6) is 0.744. The lowest BCUT2D eigenvalue weighted by molar-refractivity contribution is -0.120. The van der Waals surface area contributed by atoms with Crippen LogP contribution in [0.1, 0.15) is 18.4 Å². The van der Waals surface area contributed by atoms with Gasteiger partial charge in [-0.1, -0.05) is 23.5 Å². The Bertz CT molecular complexity index is 777. The first-order valence-corrected chi connectivity index (χ1v) is 9.13. The first-order chi connectivity index (χ1) is 12.6. The number of amides is 2. The number of anilines is 2. The highest BCUT2D eigenvalue weighted by atomic mass is 32.1. The molecule has 8 nitrogen and oxygen atoms in total. The molecule has 1 saturated heterocycles. The number of benzene rings is 1. The minimum atomic E-state index is -0.114. The first-order valence-electron chi connectivity index (χ1n) is 8.31. The largest absolute Gasteiger partial charge is 0.497 e. The van der Waals surface area contributed by atoms with Crippen LogP contribution in [-0.4, -0.2) is 49.3 Å². The van der Waals surface area contributed by atoms with Gasteiger partial charge in [0.2, 0.25) is 22.1 Å². The van der Waals surface area contributed by atoms with Crippen molar-refractivity contribution in [2.45, 2.75) is 19.4 Å². The van der Waals surface area contributed by atoms with Crippen LogP contribution in [0.3, 0.4) is 0 Å². The molecule has 2 aromatic rings. The Kier molecular flexibility index (Phi) is 5.67. The number of aromatic nitrogens is 2. The number of rotatable bonds is 7. The highest BCUT2D eigenvalue weighted by molar-refractivity contribution is 7.19. The zero-order valence-corrected chi connectivity index (χ0v) is 15.6. The number of nitrogens with one attached hydrogen (secondary N) is 1. The normalized spacial score (nSPS) is 13.8. The molecule has 1 aliphatic rings. The van der Waals surface area contributed by atoms with Gasteiger partial charge in [0.05, 0.1) is 13.7 Å². The molecule has 0 unspecified atom stereocenters. The van der Waals surface area contributed by atoms with Crippen molar-refractivity contribution < 1.29 is 14.3 Å². The van der Waals surface area contributed by atoms with E-state index in [9.17, 15) is 9.59 Å². The molecule has 1 N–H and O–H groups in total. The van der Waals surface area contributed by atoms with Crippen LogP contribution in [0.2, 0.25) is 0 Å². The molecular formula is C17H21N5O3S. The van der Waals surface area contributed by atoms with Gasteiger partial charge in [0.25, 0.3) is 0 Å². The zero-order valence-electron chi connectivity index (χ0n) is 14.8. The van der Waals surface area contributed by atoms with Crippen LogP contribution in [0.25, 0.3) is 0 Å². The maximum Gasteiger partial charge on any atom is 0.239 e. The van der Waals surface area contributed by atoms with E-state index in [1.807, 2.05) is 24.3 Å². The fourth-order valence-electron chi connectivity index (χ4n) is 2.60. The van der Waals surface area contributed by atoms with Crippen LogP contribution >= 0.6 is 11.3 Å². The summed E-state index contributed by atoms with van der Waals surface area (Å²) < 4.78 is 5.11. The number of carbonyl (C=O) groups is 2. The van der Waals surface area contributed by atoms with Crippen molar-refractivity contribution in [3.63, 3.8) is 0 Å². The third kappa shape index (κ3) is 4.29. The smallest absolute Gasteiger partial charge is 0.239 e. The lowest BCUT2D eigenvalue weighted by Gasteiger charge is -2.15. The van der Waals surface area contributed by atoms with Gasteiger partial charge in [-0.25, -0.2) is 0 Å². The Balaban J connectivity index is 1.50. The number of ether oxygens (including phenoxy) is 1. The molecule has 1 aliphatic heterocycles. The van der Waals surface area contributed by atoms with E-state index < -0.39 is 0 Å². The molecule has 0 radical (unpaired) electrons. The van der Waals surface area contributed by atoms with E-state index in [0.717, 1.165) is 17.7 Å². The van der Waals surface area contributed by atoms with Gasteiger partial charge in [0.1, 0.15) is 5.75 Å². The highest BCUT2D eigenvalue weighted by Gasteiger charge is 2.25. The third-order valence-electron chi connectivity index (χ3n) is 4.06. The van der Waals surface area contributed by atoms with Crippen molar-refractivity contribution in [1.82, 2.24) is 15.5 Å². The zero-order chi connectivity index (χ0) is 18.5. The molecule has 0 spiro atoms. The second kappa shape index (κ2) is 8.13. The predicted molar refractivity (Wildman–Crippen MR) is 99.6 cm³/mol. The maximum atomic E-state index is 12.2.